The van der Waals surface area contributed by atoms with E-state index in [1.165, 1.54) is 10.4 Å². The molecular formula is C13H23NOS. The highest BCUT2D eigenvalue weighted by molar-refractivity contribution is 7.10. The lowest BCUT2D eigenvalue weighted by molar-refractivity contribution is 0.134. The number of hydrogen-bond acceptors (Lipinski definition) is 3. The van der Waals surface area contributed by atoms with Gasteiger partial charge >= 0.3 is 0 Å². The van der Waals surface area contributed by atoms with Crippen molar-refractivity contribution in [2.45, 2.75) is 39.7 Å². The van der Waals surface area contributed by atoms with Gasteiger partial charge in [-0.25, -0.2) is 0 Å². The van der Waals surface area contributed by atoms with Crippen LogP contribution in [0, 0.1) is 6.92 Å². The first-order valence-electron chi connectivity index (χ1n) is 5.85. The summed E-state index contributed by atoms with van der Waals surface area (Å²) in [6.07, 6.45) is 1.04. The van der Waals surface area contributed by atoms with Gasteiger partial charge in [0.2, 0.25) is 0 Å². The van der Waals surface area contributed by atoms with Gasteiger partial charge in [0, 0.05) is 23.4 Å². The van der Waals surface area contributed by atoms with Gasteiger partial charge < -0.3 is 10.1 Å². The average molecular weight is 241 g/mol. The first-order chi connectivity index (χ1) is 7.49. The third-order valence-electron chi connectivity index (χ3n) is 2.34. The third-order valence-corrected chi connectivity index (χ3v) is 3.43. The van der Waals surface area contributed by atoms with Crippen molar-refractivity contribution in [2.75, 3.05) is 19.8 Å². The highest BCUT2D eigenvalue weighted by Crippen LogP contribution is 2.15. The molecule has 0 spiro atoms. The first kappa shape index (κ1) is 13.7. The molecule has 0 atom stereocenters. The zero-order chi connectivity index (χ0) is 12.0. The van der Waals surface area contributed by atoms with Crippen LogP contribution in [0.2, 0.25) is 0 Å². The van der Waals surface area contributed by atoms with Gasteiger partial charge in [0.25, 0.3) is 0 Å². The van der Waals surface area contributed by atoms with Gasteiger partial charge in [-0.05, 0) is 44.7 Å². The Hall–Kier alpha value is -0.380. The maximum absolute atomic E-state index is 5.60. The molecule has 1 rings (SSSR count). The highest BCUT2D eigenvalue weighted by atomic mass is 32.1. The van der Waals surface area contributed by atoms with Crippen molar-refractivity contribution in [3.63, 3.8) is 0 Å². The van der Waals surface area contributed by atoms with E-state index in [2.05, 4.69) is 44.5 Å². The molecule has 0 saturated carbocycles. The molecule has 16 heavy (non-hydrogen) atoms. The molecule has 0 aromatic carbocycles. The fourth-order valence-electron chi connectivity index (χ4n) is 1.43. The summed E-state index contributed by atoms with van der Waals surface area (Å²) in [5.41, 5.74) is 1.58. The second-order valence-corrected chi connectivity index (χ2v) is 6.07. The van der Waals surface area contributed by atoms with Gasteiger partial charge in [0.05, 0.1) is 13.2 Å². The molecule has 0 unspecified atom stereocenters. The normalized spacial score (nSPS) is 12.0. The SMILES string of the molecule is Cc1ccsc1CCOCCNC(C)(C)C. The van der Waals surface area contributed by atoms with Gasteiger partial charge in [0.15, 0.2) is 0 Å². The Bertz CT molecular complexity index is 301. The van der Waals surface area contributed by atoms with E-state index in [1.54, 1.807) is 0 Å². The number of aryl methyl sites for hydroxylation is 1. The van der Waals surface area contributed by atoms with E-state index in [-0.39, 0.29) is 5.54 Å². The number of hydrogen-bond donors (Lipinski definition) is 1. The fraction of sp³-hybridized carbons (Fsp3) is 0.692. The standard InChI is InChI=1S/C13H23NOS/c1-11-6-10-16-12(11)5-8-15-9-7-14-13(2,3)4/h6,10,14H,5,7-9H2,1-4H3. The highest BCUT2D eigenvalue weighted by Gasteiger charge is 2.07. The van der Waals surface area contributed by atoms with Gasteiger partial charge in [-0.1, -0.05) is 0 Å². The van der Waals surface area contributed by atoms with E-state index in [9.17, 15) is 0 Å². The smallest absolute Gasteiger partial charge is 0.0591 e. The summed E-state index contributed by atoms with van der Waals surface area (Å²) in [6, 6.07) is 2.17. The van der Waals surface area contributed by atoms with Crippen LogP contribution in [-0.4, -0.2) is 25.3 Å². The molecule has 3 heteroatoms. The topological polar surface area (TPSA) is 21.3 Å². The summed E-state index contributed by atoms with van der Waals surface area (Å²) in [7, 11) is 0. The quantitative estimate of drug-likeness (QED) is 0.773. The van der Waals surface area contributed by atoms with Crippen LogP contribution in [0.5, 0.6) is 0 Å². The molecule has 1 aromatic heterocycles. The fourth-order valence-corrected chi connectivity index (χ4v) is 2.32. The van der Waals surface area contributed by atoms with Crippen LogP contribution in [0.15, 0.2) is 11.4 Å². The van der Waals surface area contributed by atoms with Gasteiger partial charge in [0.1, 0.15) is 0 Å². The van der Waals surface area contributed by atoms with Crippen LogP contribution in [0.3, 0.4) is 0 Å². The number of rotatable bonds is 6. The summed E-state index contributed by atoms with van der Waals surface area (Å²) in [4.78, 5) is 1.45. The minimum absolute atomic E-state index is 0.188. The van der Waals surface area contributed by atoms with Crippen LogP contribution in [0.25, 0.3) is 0 Å². The molecule has 2 nitrogen and oxygen atoms in total. The van der Waals surface area contributed by atoms with Crippen molar-refractivity contribution in [1.29, 1.82) is 0 Å². The van der Waals surface area contributed by atoms with Crippen LogP contribution in [-0.2, 0) is 11.2 Å². The monoisotopic (exact) mass is 241 g/mol. The molecule has 0 fully saturated rings. The van der Waals surface area contributed by atoms with Crippen LogP contribution in [0.4, 0.5) is 0 Å². The minimum atomic E-state index is 0.188. The summed E-state index contributed by atoms with van der Waals surface area (Å²) in [6.45, 7) is 11.2. The Balaban J connectivity index is 2.03. The summed E-state index contributed by atoms with van der Waals surface area (Å²) in [5.74, 6) is 0. The van der Waals surface area contributed by atoms with Crippen molar-refractivity contribution in [1.82, 2.24) is 5.32 Å². The van der Waals surface area contributed by atoms with Gasteiger partial charge in [-0.15, -0.1) is 11.3 Å². The second-order valence-electron chi connectivity index (χ2n) is 5.07. The summed E-state index contributed by atoms with van der Waals surface area (Å²) < 4.78 is 5.60. The van der Waals surface area contributed by atoms with Crippen LogP contribution >= 0.6 is 11.3 Å². The Labute approximate surface area is 103 Å². The van der Waals surface area contributed by atoms with E-state index in [4.69, 9.17) is 4.74 Å². The Morgan fingerprint density at radius 3 is 2.62 bits per heavy atom. The van der Waals surface area contributed by atoms with Crippen LogP contribution < -0.4 is 5.32 Å². The third kappa shape index (κ3) is 5.64. The molecule has 0 bridgehead atoms. The largest absolute Gasteiger partial charge is 0.380 e. The van der Waals surface area contributed by atoms with Crippen molar-refractivity contribution in [3.8, 4) is 0 Å². The first-order valence-corrected chi connectivity index (χ1v) is 6.73. The summed E-state index contributed by atoms with van der Waals surface area (Å²) in [5, 5.41) is 5.55. The average Bonchev–Trinajstić information content (AvgIpc) is 2.56. The lowest BCUT2D eigenvalue weighted by Crippen LogP contribution is -2.38. The summed E-state index contributed by atoms with van der Waals surface area (Å²) >= 11 is 1.82. The molecule has 92 valence electrons. The lowest BCUT2D eigenvalue weighted by Gasteiger charge is -2.20. The molecule has 1 aromatic rings. The van der Waals surface area contributed by atoms with E-state index < -0.39 is 0 Å². The Kier molecular flexibility index (Phi) is 5.46. The zero-order valence-corrected chi connectivity index (χ0v) is 11.6. The Morgan fingerprint density at radius 1 is 1.31 bits per heavy atom. The molecule has 0 aliphatic heterocycles. The molecule has 0 radical (unpaired) electrons. The predicted molar refractivity (Wildman–Crippen MR) is 71.3 cm³/mol. The van der Waals surface area contributed by atoms with E-state index in [1.807, 2.05) is 11.3 Å². The molecule has 0 aliphatic rings. The zero-order valence-electron chi connectivity index (χ0n) is 10.8. The number of ether oxygens (including phenoxy) is 1. The second kappa shape index (κ2) is 6.38. The van der Waals surface area contributed by atoms with E-state index in [0.29, 0.717) is 0 Å². The molecule has 0 saturated heterocycles. The van der Waals surface area contributed by atoms with Gasteiger partial charge in [-0.2, -0.15) is 0 Å². The molecule has 0 amide bonds. The molecular weight excluding hydrogens is 218 g/mol. The lowest BCUT2D eigenvalue weighted by atomic mass is 10.1. The van der Waals surface area contributed by atoms with E-state index >= 15 is 0 Å². The van der Waals surface area contributed by atoms with Crippen molar-refractivity contribution >= 4 is 11.3 Å². The number of nitrogens with one attached hydrogen (secondary N) is 1. The van der Waals surface area contributed by atoms with E-state index in [0.717, 1.165) is 26.2 Å². The predicted octanol–water partition coefficient (Wildman–Crippen LogP) is 3.00. The molecule has 0 aliphatic carbocycles. The number of thiophene rings is 1. The maximum atomic E-state index is 5.60. The van der Waals surface area contributed by atoms with Crippen molar-refractivity contribution in [3.05, 3.63) is 21.9 Å². The minimum Gasteiger partial charge on any atom is -0.380 e. The molecule has 1 N–H and O–H groups in total. The Morgan fingerprint density at radius 2 is 2.06 bits per heavy atom. The maximum Gasteiger partial charge on any atom is 0.0591 e. The van der Waals surface area contributed by atoms with Crippen LogP contribution in [0.1, 0.15) is 31.2 Å². The molecule has 1 heterocycles. The van der Waals surface area contributed by atoms with Crippen molar-refractivity contribution < 1.29 is 4.74 Å². The van der Waals surface area contributed by atoms with Crippen molar-refractivity contribution in [2.24, 2.45) is 0 Å². The van der Waals surface area contributed by atoms with Gasteiger partial charge in [-0.3, -0.25) is 0 Å².